The highest BCUT2D eigenvalue weighted by Crippen LogP contribution is 2.38. The van der Waals surface area contributed by atoms with Gasteiger partial charge in [-0.3, -0.25) is 10.1 Å². The lowest BCUT2D eigenvalue weighted by atomic mass is 10.1. The van der Waals surface area contributed by atoms with Crippen LogP contribution < -0.4 is 9.47 Å². The average Bonchev–Trinajstić information content (AvgIpc) is 2.65. The summed E-state index contributed by atoms with van der Waals surface area (Å²) in [5, 5.41) is 11.1. The number of hydrogen-bond donors (Lipinski definition) is 0. The van der Waals surface area contributed by atoms with E-state index >= 15 is 0 Å². The Bertz CT molecular complexity index is 461. The number of rotatable bonds is 6. The third kappa shape index (κ3) is 9.92. The maximum Gasteiger partial charge on any atom is 0.279 e. The van der Waals surface area contributed by atoms with E-state index in [2.05, 4.69) is 0 Å². The number of nitrogens with zero attached hydrogens (tertiary/aromatic N) is 1. The molecule has 0 aliphatic carbocycles. The zero-order chi connectivity index (χ0) is 20.6. The van der Waals surface area contributed by atoms with Crippen LogP contribution in [0.5, 0.6) is 11.5 Å². The van der Waals surface area contributed by atoms with Crippen LogP contribution in [0.4, 0.5) is 5.69 Å². The van der Waals surface area contributed by atoms with E-state index < -0.39 is 11.0 Å². The van der Waals surface area contributed by atoms with Gasteiger partial charge in [0.05, 0.1) is 35.9 Å². The molecule has 0 amide bonds. The van der Waals surface area contributed by atoms with Crippen molar-refractivity contribution in [1.82, 2.24) is 0 Å². The third-order valence-electron chi connectivity index (χ3n) is 2.66. The Morgan fingerprint density at radius 3 is 1.72 bits per heavy atom. The summed E-state index contributed by atoms with van der Waals surface area (Å²) in [5.74, 6) is 0.814. The normalized spacial score (nSPS) is 10.1. The van der Waals surface area contributed by atoms with Crippen LogP contribution >= 0.6 is 0 Å². The Kier molecular flexibility index (Phi) is 19.1. The Balaban J connectivity index is -0.000000725. The van der Waals surface area contributed by atoms with Crippen LogP contribution in [-0.2, 0) is 4.74 Å². The Morgan fingerprint density at radius 1 is 0.920 bits per heavy atom. The van der Waals surface area contributed by atoms with Gasteiger partial charge >= 0.3 is 0 Å². The lowest BCUT2D eigenvalue weighted by Crippen LogP contribution is -2.09. The summed E-state index contributed by atoms with van der Waals surface area (Å²) in [6.45, 7) is 17.4. The topological polar surface area (TPSA) is 70.8 Å². The van der Waals surface area contributed by atoms with Crippen molar-refractivity contribution in [2.75, 3.05) is 14.2 Å². The first-order valence-electron chi connectivity index (χ1n) is 8.96. The van der Waals surface area contributed by atoms with E-state index in [-0.39, 0.29) is 11.8 Å². The van der Waals surface area contributed by atoms with Crippen molar-refractivity contribution in [3.8, 4) is 11.5 Å². The molecule has 0 radical (unpaired) electrons. The molecule has 1 unspecified atom stereocenters. The molecule has 1 aromatic carbocycles. The fraction of sp³-hybridized carbons (Fsp3) is 0.684. The largest absolute Gasteiger partial charge is 0.493 e. The molecule has 0 heterocycles. The molecular weight excluding hydrogens is 322 g/mol. The Hall–Kier alpha value is -1.82. The second-order valence-electron chi connectivity index (χ2n) is 4.36. The minimum absolute atomic E-state index is 0.0363. The number of nitro benzene ring substituents is 1. The highest BCUT2D eigenvalue weighted by molar-refractivity contribution is 5.55. The summed E-state index contributed by atoms with van der Waals surface area (Å²) < 4.78 is 15.9. The highest BCUT2D eigenvalue weighted by atomic mass is 16.6. The average molecular weight is 360 g/mol. The zero-order valence-electron chi connectivity index (χ0n) is 17.8. The molecular formula is C19H37NO5. The van der Waals surface area contributed by atoms with Gasteiger partial charge in [-0.2, -0.15) is 0 Å². The van der Waals surface area contributed by atoms with Gasteiger partial charge in [0, 0.05) is 7.11 Å². The molecule has 0 saturated heterocycles. The fourth-order valence-electron chi connectivity index (χ4n) is 1.68. The predicted molar refractivity (Wildman–Crippen MR) is 105 cm³/mol. The van der Waals surface area contributed by atoms with Crippen LogP contribution in [0, 0.1) is 10.1 Å². The monoisotopic (exact) mass is 359 g/mol. The van der Waals surface area contributed by atoms with E-state index in [0.29, 0.717) is 17.1 Å². The molecule has 148 valence electrons. The molecule has 0 aliphatic heterocycles. The van der Waals surface area contributed by atoms with Crippen LogP contribution in [0.2, 0.25) is 0 Å². The smallest absolute Gasteiger partial charge is 0.279 e. The number of methoxy groups -OCH3 is 2. The molecule has 6 nitrogen and oxygen atoms in total. The molecule has 1 atom stereocenters. The van der Waals surface area contributed by atoms with Gasteiger partial charge in [-0.15, -0.1) is 0 Å². The lowest BCUT2D eigenvalue weighted by Gasteiger charge is -2.17. The molecule has 0 saturated carbocycles. The predicted octanol–water partition coefficient (Wildman–Crippen LogP) is 6.18. The second kappa shape index (κ2) is 17.0. The van der Waals surface area contributed by atoms with Crippen molar-refractivity contribution in [2.45, 2.75) is 74.5 Å². The van der Waals surface area contributed by atoms with Crippen molar-refractivity contribution < 1.29 is 19.1 Å². The number of nitro groups is 1. The second-order valence-corrected chi connectivity index (χ2v) is 4.36. The van der Waals surface area contributed by atoms with Gasteiger partial charge in [-0.1, -0.05) is 41.5 Å². The molecule has 1 rings (SSSR count). The lowest BCUT2D eigenvalue weighted by molar-refractivity contribution is -0.386. The number of ether oxygens (including phenoxy) is 3. The maximum absolute atomic E-state index is 11.1. The summed E-state index contributed by atoms with van der Waals surface area (Å²) in [6, 6.07) is 2.97. The summed E-state index contributed by atoms with van der Waals surface area (Å²) in [6.07, 6.45) is -0.499. The van der Waals surface area contributed by atoms with Crippen LogP contribution in [0.3, 0.4) is 0 Å². The van der Waals surface area contributed by atoms with Gasteiger partial charge < -0.3 is 14.2 Å². The molecule has 0 spiro atoms. The fourth-order valence-corrected chi connectivity index (χ4v) is 1.68. The minimum atomic E-state index is -0.447. The van der Waals surface area contributed by atoms with E-state index in [1.165, 1.54) is 20.3 Å². The van der Waals surface area contributed by atoms with Gasteiger partial charge in [-0.25, -0.2) is 0 Å². The van der Waals surface area contributed by atoms with Crippen molar-refractivity contribution in [3.63, 3.8) is 0 Å². The molecule has 25 heavy (non-hydrogen) atoms. The van der Waals surface area contributed by atoms with Gasteiger partial charge in [0.1, 0.15) is 0 Å². The third-order valence-corrected chi connectivity index (χ3v) is 2.66. The van der Waals surface area contributed by atoms with Gasteiger partial charge in [-0.05, 0) is 26.8 Å². The highest BCUT2D eigenvalue weighted by Gasteiger charge is 2.23. The van der Waals surface area contributed by atoms with Gasteiger partial charge in [0.25, 0.3) is 5.69 Å². The molecule has 0 aliphatic rings. The van der Waals surface area contributed by atoms with E-state index in [1.54, 1.807) is 13.0 Å². The minimum Gasteiger partial charge on any atom is -0.493 e. The quantitative estimate of drug-likeness (QED) is 0.448. The van der Waals surface area contributed by atoms with Crippen molar-refractivity contribution in [2.24, 2.45) is 0 Å². The first-order valence-corrected chi connectivity index (χ1v) is 8.96. The van der Waals surface area contributed by atoms with E-state index in [9.17, 15) is 10.1 Å². The number of hydrogen-bond acceptors (Lipinski definition) is 5. The summed E-state index contributed by atoms with van der Waals surface area (Å²) in [5.41, 5.74) is 0.422. The molecule has 0 bridgehead atoms. The molecule has 6 heteroatoms. The van der Waals surface area contributed by atoms with Crippen molar-refractivity contribution >= 4 is 5.69 Å². The first-order chi connectivity index (χ1) is 11.9. The van der Waals surface area contributed by atoms with Crippen LogP contribution in [-0.4, -0.2) is 25.2 Å². The van der Waals surface area contributed by atoms with Crippen LogP contribution in [0.25, 0.3) is 0 Å². The Labute approximate surface area is 153 Å². The van der Waals surface area contributed by atoms with E-state index in [1.807, 2.05) is 55.4 Å². The van der Waals surface area contributed by atoms with E-state index in [0.717, 1.165) is 0 Å². The van der Waals surface area contributed by atoms with Crippen molar-refractivity contribution in [3.05, 3.63) is 27.8 Å². The number of benzene rings is 1. The van der Waals surface area contributed by atoms with Crippen LogP contribution in [0.15, 0.2) is 12.1 Å². The van der Waals surface area contributed by atoms with E-state index in [4.69, 9.17) is 14.2 Å². The summed E-state index contributed by atoms with van der Waals surface area (Å²) >= 11 is 0. The van der Waals surface area contributed by atoms with Crippen LogP contribution in [0.1, 0.15) is 74.0 Å². The van der Waals surface area contributed by atoms with Crippen molar-refractivity contribution in [1.29, 1.82) is 0 Å². The standard InChI is InChI=1S/C13H19NO5.3C2H6/c1-8(2)19-13-7-11(14(15)16)10(9(3)17-4)6-12(13)18-5;3*1-2/h6-9H,1-5H3;3*1-2H3. The van der Waals surface area contributed by atoms with Gasteiger partial charge in [0.2, 0.25) is 0 Å². The summed E-state index contributed by atoms with van der Waals surface area (Å²) in [7, 11) is 3.00. The molecule has 1 aromatic rings. The summed E-state index contributed by atoms with van der Waals surface area (Å²) in [4.78, 5) is 10.7. The van der Waals surface area contributed by atoms with Gasteiger partial charge in [0.15, 0.2) is 11.5 Å². The Morgan fingerprint density at radius 2 is 1.40 bits per heavy atom. The SMILES string of the molecule is CC.CC.CC.COc1cc(C(C)OC)c([N+](=O)[O-])cc1OC(C)C. The first kappa shape index (κ1) is 28.0. The zero-order valence-corrected chi connectivity index (χ0v) is 17.8. The molecule has 0 aromatic heterocycles. The maximum atomic E-state index is 11.1. The molecule has 0 N–H and O–H groups in total. The molecule has 0 fully saturated rings.